The van der Waals surface area contributed by atoms with E-state index in [1.807, 2.05) is 18.2 Å². The van der Waals surface area contributed by atoms with E-state index in [0.29, 0.717) is 6.54 Å². The van der Waals surface area contributed by atoms with Crippen LogP contribution in [-0.4, -0.2) is 26.2 Å². The zero-order valence-corrected chi connectivity index (χ0v) is 9.03. The second kappa shape index (κ2) is 5.42. The summed E-state index contributed by atoms with van der Waals surface area (Å²) in [6, 6.07) is 10.2. The smallest absolute Gasteiger partial charge is 0.0866 e. The largest absolute Gasteiger partial charge is 0.391 e. The number of nitrogens with zero attached hydrogens (tertiary/aromatic N) is 3. The van der Waals surface area contributed by atoms with Crippen molar-refractivity contribution >= 4 is 0 Å². The molecule has 0 bridgehead atoms. The van der Waals surface area contributed by atoms with Crippen LogP contribution in [0.4, 0.5) is 0 Å². The number of hydrogen-bond acceptors (Lipinski definition) is 3. The number of hydrogen-bond donors (Lipinski definition) is 1. The van der Waals surface area contributed by atoms with Crippen LogP contribution >= 0.6 is 0 Å². The van der Waals surface area contributed by atoms with Gasteiger partial charge in [-0.1, -0.05) is 30.3 Å². The third-order valence-corrected chi connectivity index (χ3v) is 2.45. The lowest BCUT2D eigenvalue weighted by molar-refractivity contribution is 0.134. The molecule has 2 aromatic rings. The van der Waals surface area contributed by atoms with Crippen molar-refractivity contribution in [2.45, 2.75) is 25.5 Å². The number of aliphatic hydroxyl groups is 1. The van der Waals surface area contributed by atoms with Crippen molar-refractivity contribution in [3.63, 3.8) is 0 Å². The summed E-state index contributed by atoms with van der Waals surface area (Å²) in [7, 11) is 0. The van der Waals surface area contributed by atoms with E-state index in [2.05, 4.69) is 22.3 Å². The summed E-state index contributed by atoms with van der Waals surface area (Å²) in [5.74, 6) is 0. The molecule has 1 aromatic heterocycles. The normalized spacial score (nSPS) is 12.6. The molecule has 4 heteroatoms. The standard InChI is InChI=1S/C12H15N3O/c16-12(10-15-13-8-9-14-15)7-6-11-4-2-1-3-5-11/h1-5,8-9,12,16H,6-7,10H2. The first-order valence-corrected chi connectivity index (χ1v) is 5.40. The molecule has 1 aromatic carbocycles. The van der Waals surface area contributed by atoms with Crippen molar-refractivity contribution in [1.29, 1.82) is 0 Å². The van der Waals surface area contributed by atoms with Crippen molar-refractivity contribution in [1.82, 2.24) is 15.0 Å². The lowest BCUT2D eigenvalue weighted by atomic mass is 10.1. The van der Waals surface area contributed by atoms with E-state index in [-0.39, 0.29) is 0 Å². The number of benzene rings is 1. The van der Waals surface area contributed by atoms with Crippen LogP contribution in [0.1, 0.15) is 12.0 Å². The van der Waals surface area contributed by atoms with Crippen molar-refractivity contribution in [3.8, 4) is 0 Å². The van der Waals surface area contributed by atoms with Crippen LogP contribution in [0.2, 0.25) is 0 Å². The van der Waals surface area contributed by atoms with Gasteiger partial charge in [0.15, 0.2) is 0 Å². The van der Waals surface area contributed by atoms with Crippen LogP contribution in [0.5, 0.6) is 0 Å². The van der Waals surface area contributed by atoms with Crippen LogP contribution < -0.4 is 0 Å². The number of rotatable bonds is 5. The molecule has 16 heavy (non-hydrogen) atoms. The minimum atomic E-state index is -0.396. The highest BCUT2D eigenvalue weighted by Crippen LogP contribution is 2.05. The Hall–Kier alpha value is -1.68. The van der Waals surface area contributed by atoms with Gasteiger partial charge in [0.25, 0.3) is 0 Å². The Labute approximate surface area is 94.5 Å². The van der Waals surface area contributed by atoms with Gasteiger partial charge in [0, 0.05) is 0 Å². The van der Waals surface area contributed by atoms with Crippen LogP contribution in [-0.2, 0) is 13.0 Å². The molecule has 1 N–H and O–H groups in total. The van der Waals surface area contributed by atoms with Gasteiger partial charge in [0.2, 0.25) is 0 Å². The fraction of sp³-hybridized carbons (Fsp3) is 0.333. The predicted molar refractivity (Wildman–Crippen MR) is 60.8 cm³/mol. The van der Waals surface area contributed by atoms with Gasteiger partial charge in [-0.2, -0.15) is 15.0 Å². The van der Waals surface area contributed by atoms with Gasteiger partial charge in [-0.05, 0) is 18.4 Å². The highest BCUT2D eigenvalue weighted by Gasteiger charge is 2.06. The van der Waals surface area contributed by atoms with Gasteiger partial charge in [-0.3, -0.25) is 0 Å². The summed E-state index contributed by atoms with van der Waals surface area (Å²) in [5, 5.41) is 17.7. The van der Waals surface area contributed by atoms with Crippen LogP contribution in [0.3, 0.4) is 0 Å². The molecule has 1 heterocycles. The molecule has 1 atom stereocenters. The summed E-state index contributed by atoms with van der Waals surface area (Å²) >= 11 is 0. The van der Waals surface area contributed by atoms with E-state index >= 15 is 0 Å². The Morgan fingerprint density at radius 2 is 1.81 bits per heavy atom. The number of aliphatic hydroxyl groups excluding tert-OH is 1. The van der Waals surface area contributed by atoms with Crippen LogP contribution in [0, 0.1) is 0 Å². The molecule has 0 radical (unpaired) electrons. The van der Waals surface area contributed by atoms with Gasteiger partial charge in [-0.15, -0.1) is 0 Å². The van der Waals surface area contributed by atoms with Crippen molar-refractivity contribution in [2.75, 3.05) is 0 Å². The number of aryl methyl sites for hydroxylation is 1. The van der Waals surface area contributed by atoms with Gasteiger partial charge in [0.1, 0.15) is 0 Å². The average Bonchev–Trinajstić information content (AvgIpc) is 2.81. The van der Waals surface area contributed by atoms with Crippen molar-refractivity contribution in [2.24, 2.45) is 0 Å². The van der Waals surface area contributed by atoms with Crippen molar-refractivity contribution in [3.05, 3.63) is 48.3 Å². The van der Waals surface area contributed by atoms with E-state index in [4.69, 9.17) is 0 Å². The van der Waals surface area contributed by atoms with E-state index in [1.165, 1.54) is 10.4 Å². The molecular formula is C12H15N3O. The summed E-state index contributed by atoms with van der Waals surface area (Å²) in [5.41, 5.74) is 1.25. The van der Waals surface area contributed by atoms with E-state index in [9.17, 15) is 5.11 Å². The lowest BCUT2D eigenvalue weighted by Gasteiger charge is -2.09. The topological polar surface area (TPSA) is 50.9 Å². The summed E-state index contributed by atoms with van der Waals surface area (Å²) in [4.78, 5) is 1.51. The lowest BCUT2D eigenvalue weighted by Crippen LogP contribution is -2.18. The molecule has 0 amide bonds. The number of aromatic nitrogens is 3. The van der Waals surface area contributed by atoms with E-state index < -0.39 is 6.10 Å². The quantitative estimate of drug-likeness (QED) is 0.820. The minimum absolute atomic E-state index is 0.396. The molecular weight excluding hydrogens is 202 g/mol. The second-order valence-corrected chi connectivity index (χ2v) is 3.76. The monoisotopic (exact) mass is 217 g/mol. The molecule has 4 nitrogen and oxygen atoms in total. The Bertz CT molecular complexity index is 399. The zero-order chi connectivity index (χ0) is 11.2. The average molecular weight is 217 g/mol. The molecule has 84 valence electrons. The zero-order valence-electron chi connectivity index (χ0n) is 9.03. The maximum Gasteiger partial charge on any atom is 0.0866 e. The van der Waals surface area contributed by atoms with Gasteiger partial charge >= 0.3 is 0 Å². The predicted octanol–water partition coefficient (Wildman–Crippen LogP) is 1.27. The SMILES string of the molecule is OC(CCc1ccccc1)Cn1nccn1. The third kappa shape index (κ3) is 3.17. The van der Waals surface area contributed by atoms with Crippen molar-refractivity contribution < 1.29 is 5.11 Å². The second-order valence-electron chi connectivity index (χ2n) is 3.76. The molecule has 0 aliphatic heterocycles. The van der Waals surface area contributed by atoms with E-state index in [1.54, 1.807) is 12.4 Å². The first kappa shape index (κ1) is 10.8. The molecule has 2 rings (SSSR count). The Balaban J connectivity index is 1.78. The molecule has 0 spiro atoms. The van der Waals surface area contributed by atoms with Gasteiger partial charge < -0.3 is 5.11 Å². The van der Waals surface area contributed by atoms with Gasteiger partial charge in [-0.25, -0.2) is 0 Å². The Kier molecular flexibility index (Phi) is 3.66. The maximum absolute atomic E-state index is 9.78. The Morgan fingerprint density at radius 3 is 2.50 bits per heavy atom. The highest BCUT2D eigenvalue weighted by molar-refractivity contribution is 5.14. The fourth-order valence-corrected chi connectivity index (χ4v) is 1.60. The van der Waals surface area contributed by atoms with E-state index in [0.717, 1.165) is 12.8 Å². The summed E-state index contributed by atoms with van der Waals surface area (Å²) in [6.45, 7) is 0.458. The maximum atomic E-state index is 9.78. The molecule has 0 saturated carbocycles. The summed E-state index contributed by atoms with van der Waals surface area (Å²) < 4.78 is 0. The molecule has 0 aliphatic rings. The molecule has 0 aliphatic carbocycles. The molecule has 0 saturated heterocycles. The third-order valence-electron chi connectivity index (χ3n) is 2.45. The first-order chi connectivity index (χ1) is 7.84. The molecule has 1 unspecified atom stereocenters. The first-order valence-electron chi connectivity index (χ1n) is 5.40. The summed E-state index contributed by atoms with van der Waals surface area (Å²) in [6.07, 6.45) is 4.44. The fourth-order valence-electron chi connectivity index (χ4n) is 1.60. The van der Waals surface area contributed by atoms with Crippen LogP contribution in [0.15, 0.2) is 42.7 Å². The highest BCUT2D eigenvalue weighted by atomic mass is 16.3. The Morgan fingerprint density at radius 1 is 1.12 bits per heavy atom. The minimum Gasteiger partial charge on any atom is -0.391 e. The molecule has 0 fully saturated rings. The van der Waals surface area contributed by atoms with Crippen LogP contribution in [0.25, 0.3) is 0 Å². The van der Waals surface area contributed by atoms with Gasteiger partial charge in [0.05, 0.1) is 25.0 Å².